The van der Waals surface area contributed by atoms with Gasteiger partial charge >= 0.3 is 0 Å². The number of nitrogens with zero attached hydrogens (tertiary/aromatic N) is 1. The van der Waals surface area contributed by atoms with Crippen molar-refractivity contribution in [1.82, 2.24) is 10.3 Å². The SMILES string of the molecule is O=C(CSc1ccccn1)N[C@@H]1COCC[C@@H]1Oc1cccc(F)c1. The van der Waals surface area contributed by atoms with Gasteiger partial charge in [-0.1, -0.05) is 23.9 Å². The average molecular weight is 362 g/mol. The van der Waals surface area contributed by atoms with Crippen LogP contribution in [0.5, 0.6) is 5.75 Å². The molecule has 7 heteroatoms. The molecule has 0 spiro atoms. The number of aromatic nitrogens is 1. The monoisotopic (exact) mass is 362 g/mol. The fourth-order valence-corrected chi connectivity index (χ4v) is 3.20. The molecule has 1 aromatic carbocycles. The maximum atomic E-state index is 13.3. The zero-order chi connectivity index (χ0) is 17.5. The van der Waals surface area contributed by atoms with Crippen LogP contribution in [-0.4, -0.2) is 42.0 Å². The Hall–Kier alpha value is -2.12. The number of carbonyl (C=O) groups is 1. The fourth-order valence-electron chi connectivity index (χ4n) is 2.53. The molecular formula is C18H19FN2O3S. The first kappa shape index (κ1) is 17.7. The Bertz CT molecular complexity index is 702. The van der Waals surface area contributed by atoms with E-state index in [1.807, 2.05) is 18.2 Å². The van der Waals surface area contributed by atoms with Crippen LogP contribution in [0.4, 0.5) is 4.39 Å². The minimum Gasteiger partial charge on any atom is -0.488 e. The van der Waals surface area contributed by atoms with E-state index in [4.69, 9.17) is 9.47 Å². The van der Waals surface area contributed by atoms with Gasteiger partial charge in [0.2, 0.25) is 5.91 Å². The van der Waals surface area contributed by atoms with Gasteiger partial charge in [-0.15, -0.1) is 0 Å². The van der Waals surface area contributed by atoms with Crippen molar-refractivity contribution in [1.29, 1.82) is 0 Å². The van der Waals surface area contributed by atoms with Gasteiger partial charge in [-0.2, -0.15) is 0 Å². The molecule has 0 unspecified atom stereocenters. The molecule has 1 aliphatic rings. The predicted molar refractivity (Wildman–Crippen MR) is 93.1 cm³/mol. The van der Waals surface area contributed by atoms with E-state index >= 15 is 0 Å². The van der Waals surface area contributed by atoms with Crippen LogP contribution in [0.3, 0.4) is 0 Å². The zero-order valence-electron chi connectivity index (χ0n) is 13.6. The molecule has 5 nitrogen and oxygen atoms in total. The molecule has 25 heavy (non-hydrogen) atoms. The highest BCUT2D eigenvalue weighted by molar-refractivity contribution is 7.99. The van der Waals surface area contributed by atoms with Gasteiger partial charge in [-0.3, -0.25) is 4.79 Å². The van der Waals surface area contributed by atoms with Crippen molar-refractivity contribution in [3.8, 4) is 5.75 Å². The number of thioether (sulfide) groups is 1. The molecule has 1 amide bonds. The first-order valence-corrected chi connectivity index (χ1v) is 9.02. The quantitative estimate of drug-likeness (QED) is 0.801. The van der Waals surface area contributed by atoms with Crippen molar-refractivity contribution in [3.63, 3.8) is 0 Å². The summed E-state index contributed by atoms with van der Waals surface area (Å²) in [6.07, 6.45) is 2.08. The van der Waals surface area contributed by atoms with E-state index in [-0.39, 0.29) is 29.6 Å². The van der Waals surface area contributed by atoms with Gasteiger partial charge in [0, 0.05) is 18.7 Å². The smallest absolute Gasteiger partial charge is 0.230 e. The molecule has 0 saturated carbocycles. The third kappa shape index (κ3) is 5.44. The summed E-state index contributed by atoms with van der Waals surface area (Å²) in [6, 6.07) is 11.3. The van der Waals surface area contributed by atoms with Gasteiger partial charge in [-0.25, -0.2) is 9.37 Å². The molecular weight excluding hydrogens is 343 g/mol. The third-order valence-corrected chi connectivity index (χ3v) is 4.66. The number of amides is 1. The normalized spacial score (nSPS) is 20.0. The summed E-state index contributed by atoms with van der Waals surface area (Å²) < 4.78 is 24.6. The summed E-state index contributed by atoms with van der Waals surface area (Å²) in [5.74, 6) is 0.255. The molecule has 1 N–H and O–H groups in total. The van der Waals surface area contributed by atoms with Gasteiger partial charge < -0.3 is 14.8 Å². The van der Waals surface area contributed by atoms with Crippen LogP contribution in [-0.2, 0) is 9.53 Å². The lowest BCUT2D eigenvalue weighted by Gasteiger charge is -2.32. The van der Waals surface area contributed by atoms with E-state index in [0.717, 1.165) is 5.03 Å². The first-order chi connectivity index (χ1) is 12.2. The molecule has 1 aliphatic heterocycles. The van der Waals surface area contributed by atoms with Gasteiger partial charge in [0.15, 0.2) is 0 Å². The Labute approximate surface area is 149 Å². The van der Waals surface area contributed by atoms with Crippen molar-refractivity contribution in [2.24, 2.45) is 0 Å². The summed E-state index contributed by atoms with van der Waals surface area (Å²) in [4.78, 5) is 16.4. The van der Waals surface area contributed by atoms with Crippen molar-refractivity contribution in [2.75, 3.05) is 19.0 Å². The van der Waals surface area contributed by atoms with E-state index < -0.39 is 0 Å². The van der Waals surface area contributed by atoms with Crippen LogP contribution in [0.1, 0.15) is 6.42 Å². The van der Waals surface area contributed by atoms with Crippen molar-refractivity contribution in [3.05, 3.63) is 54.5 Å². The fraction of sp³-hybridized carbons (Fsp3) is 0.333. The van der Waals surface area contributed by atoms with E-state index in [0.29, 0.717) is 25.4 Å². The Kier molecular flexibility index (Phi) is 6.25. The van der Waals surface area contributed by atoms with Crippen molar-refractivity contribution >= 4 is 17.7 Å². The average Bonchev–Trinajstić information content (AvgIpc) is 2.63. The lowest BCUT2D eigenvalue weighted by Crippen LogP contribution is -2.52. The second-order valence-corrected chi connectivity index (χ2v) is 6.60. The largest absolute Gasteiger partial charge is 0.488 e. The lowest BCUT2D eigenvalue weighted by molar-refractivity contribution is -0.121. The third-order valence-electron chi connectivity index (χ3n) is 3.71. The van der Waals surface area contributed by atoms with Crippen molar-refractivity contribution < 1.29 is 18.7 Å². The number of hydrogen-bond acceptors (Lipinski definition) is 5. The number of ether oxygens (including phenoxy) is 2. The second-order valence-electron chi connectivity index (χ2n) is 5.61. The number of carbonyl (C=O) groups excluding carboxylic acids is 1. The molecule has 2 heterocycles. The van der Waals surface area contributed by atoms with Crippen LogP contribution >= 0.6 is 11.8 Å². The highest BCUT2D eigenvalue weighted by Crippen LogP contribution is 2.20. The van der Waals surface area contributed by atoms with Gasteiger partial charge in [0.05, 0.1) is 30.0 Å². The standard InChI is InChI=1S/C18H19FN2O3S/c19-13-4-3-5-14(10-13)24-16-7-9-23-11-15(16)21-17(22)12-25-18-6-1-2-8-20-18/h1-6,8,10,15-16H,7,9,11-12H2,(H,21,22)/t15-,16+/m1/s1. The van der Waals surface area contributed by atoms with Crippen LogP contribution in [0.2, 0.25) is 0 Å². The van der Waals surface area contributed by atoms with Crippen molar-refractivity contribution in [2.45, 2.75) is 23.6 Å². The summed E-state index contributed by atoms with van der Waals surface area (Å²) in [6.45, 7) is 0.926. The zero-order valence-corrected chi connectivity index (χ0v) is 14.4. The van der Waals surface area contributed by atoms with E-state index in [1.165, 1.54) is 23.9 Å². The first-order valence-electron chi connectivity index (χ1n) is 8.04. The van der Waals surface area contributed by atoms with Crippen LogP contribution < -0.4 is 10.1 Å². The van der Waals surface area contributed by atoms with Gasteiger partial charge in [0.1, 0.15) is 17.7 Å². The molecule has 1 saturated heterocycles. The Morgan fingerprint density at radius 2 is 2.28 bits per heavy atom. The Balaban J connectivity index is 1.54. The van der Waals surface area contributed by atoms with E-state index in [9.17, 15) is 9.18 Å². The maximum absolute atomic E-state index is 13.3. The molecule has 2 aromatic rings. The highest BCUT2D eigenvalue weighted by Gasteiger charge is 2.29. The molecule has 3 rings (SSSR count). The van der Waals surface area contributed by atoms with Crippen LogP contribution in [0.25, 0.3) is 0 Å². The number of nitrogens with one attached hydrogen (secondary N) is 1. The van der Waals surface area contributed by atoms with Gasteiger partial charge in [-0.05, 0) is 24.3 Å². The molecule has 1 fully saturated rings. The summed E-state index contributed by atoms with van der Waals surface area (Å²) in [5, 5.41) is 3.74. The number of pyridine rings is 1. The molecule has 1 aromatic heterocycles. The van der Waals surface area contributed by atoms with E-state index in [1.54, 1.807) is 18.3 Å². The molecule has 2 atom stereocenters. The lowest BCUT2D eigenvalue weighted by atomic mass is 10.1. The van der Waals surface area contributed by atoms with Crippen LogP contribution in [0.15, 0.2) is 53.7 Å². The second kappa shape index (κ2) is 8.82. The summed E-state index contributed by atoms with van der Waals surface area (Å²) in [5.41, 5.74) is 0. The number of benzene rings is 1. The topological polar surface area (TPSA) is 60.5 Å². The summed E-state index contributed by atoms with van der Waals surface area (Å²) in [7, 11) is 0. The molecule has 0 radical (unpaired) electrons. The molecule has 132 valence electrons. The number of hydrogen-bond donors (Lipinski definition) is 1. The maximum Gasteiger partial charge on any atom is 0.230 e. The highest BCUT2D eigenvalue weighted by atomic mass is 32.2. The minimum absolute atomic E-state index is 0.112. The molecule has 0 aliphatic carbocycles. The van der Waals surface area contributed by atoms with E-state index in [2.05, 4.69) is 10.3 Å². The Morgan fingerprint density at radius 3 is 3.08 bits per heavy atom. The van der Waals surface area contributed by atoms with Crippen LogP contribution in [0, 0.1) is 5.82 Å². The van der Waals surface area contributed by atoms with Gasteiger partial charge in [0.25, 0.3) is 0 Å². The number of rotatable bonds is 6. The molecule has 0 bridgehead atoms. The summed E-state index contributed by atoms with van der Waals surface area (Å²) >= 11 is 1.37. The number of halogens is 1. The predicted octanol–water partition coefficient (Wildman–Crippen LogP) is 2.67. The minimum atomic E-state index is -0.350. The Morgan fingerprint density at radius 1 is 1.36 bits per heavy atom.